The van der Waals surface area contributed by atoms with Crippen LogP contribution in [0.5, 0.6) is 0 Å². The molecule has 2 amide bonds. The molecule has 1 aliphatic heterocycles. The summed E-state index contributed by atoms with van der Waals surface area (Å²) in [5, 5.41) is 6.20. The highest BCUT2D eigenvalue weighted by Gasteiger charge is 2.25. The van der Waals surface area contributed by atoms with Crippen molar-refractivity contribution < 1.29 is 9.59 Å². The number of hydrogen-bond donors (Lipinski definition) is 2. The number of rotatable bonds is 9. The van der Waals surface area contributed by atoms with Gasteiger partial charge in [0, 0.05) is 45.8 Å². The van der Waals surface area contributed by atoms with Gasteiger partial charge in [0.25, 0.3) is 5.91 Å². The molecule has 2 N–H and O–H groups in total. The molecular formula is C25H33ClN4O2. The Bertz CT molecular complexity index is 883. The zero-order valence-corrected chi connectivity index (χ0v) is 19.6. The van der Waals surface area contributed by atoms with Crippen LogP contribution in [0, 0.1) is 5.92 Å². The number of benzene rings is 2. The number of nitrogens with one attached hydrogen (secondary N) is 2. The second-order valence-corrected chi connectivity index (χ2v) is 8.98. The molecule has 0 spiro atoms. The minimum absolute atomic E-state index is 0.0389. The molecule has 7 heteroatoms. The zero-order chi connectivity index (χ0) is 22.9. The third-order valence-electron chi connectivity index (χ3n) is 5.80. The van der Waals surface area contributed by atoms with Gasteiger partial charge in [-0.15, -0.1) is 0 Å². The average Bonchev–Trinajstić information content (AvgIpc) is 2.79. The fourth-order valence-corrected chi connectivity index (χ4v) is 4.08. The first-order valence-electron chi connectivity index (χ1n) is 11.3. The Morgan fingerprint density at radius 1 is 0.938 bits per heavy atom. The quantitative estimate of drug-likeness (QED) is 0.608. The molecule has 1 atom stereocenters. The molecule has 2 aromatic carbocycles. The molecule has 1 aliphatic rings. The highest BCUT2D eigenvalue weighted by molar-refractivity contribution is 6.33. The summed E-state index contributed by atoms with van der Waals surface area (Å²) in [7, 11) is 0. The molecule has 0 aromatic heterocycles. The van der Waals surface area contributed by atoms with Gasteiger partial charge in [0.05, 0.1) is 10.6 Å². The van der Waals surface area contributed by atoms with Crippen LogP contribution in [-0.4, -0.2) is 66.9 Å². The van der Waals surface area contributed by atoms with Crippen LogP contribution in [-0.2, 0) is 11.3 Å². The summed E-state index contributed by atoms with van der Waals surface area (Å²) < 4.78 is 0. The van der Waals surface area contributed by atoms with Crippen LogP contribution in [0.1, 0.15) is 29.8 Å². The van der Waals surface area contributed by atoms with Gasteiger partial charge in [-0.05, 0) is 23.6 Å². The lowest BCUT2D eigenvalue weighted by molar-refractivity contribution is -0.124. The second kappa shape index (κ2) is 12.0. The van der Waals surface area contributed by atoms with Gasteiger partial charge in [-0.1, -0.05) is 67.9 Å². The van der Waals surface area contributed by atoms with Crippen LogP contribution in [0.15, 0.2) is 54.6 Å². The highest BCUT2D eigenvalue weighted by Crippen LogP contribution is 2.15. The van der Waals surface area contributed by atoms with E-state index in [-0.39, 0.29) is 17.7 Å². The molecule has 172 valence electrons. The number of piperazine rings is 1. The topological polar surface area (TPSA) is 64.7 Å². The molecule has 1 fully saturated rings. The van der Waals surface area contributed by atoms with Crippen molar-refractivity contribution in [2.75, 3.05) is 39.3 Å². The van der Waals surface area contributed by atoms with Crippen molar-refractivity contribution in [3.05, 3.63) is 70.7 Å². The van der Waals surface area contributed by atoms with Gasteiger partial charge in [-0.25, -0.2) is 0 Å². The molecule has 1 unspecified atom stereocenters. The summed E-state index contributed by atoms with van der Waals surface area (Å²) in [5.74, 6) is -0.537. The Morgan fingerprint density at radius 3 is 2.22 bits per heavy atom. The van der Waals surface area contributed by atoms with Gasteiger partial charge in [0.2, 0.25) is 5.91 Å². The lowest BCUT2D eigenvalue weighted by Crippen LogP contribution is -2.52. The van der Waals surface area contributed by atoms with Crippen molar-refractivity contribution in [3.8, 4) is 0 Å². The Kier molecular flexibility index (Phi) is 9.09. The van der Waals surface area contributed by atoms with Crippen molar-refractivity contribution in [1.82, 2.24) is 20.4 Å². The largest absolute Gasteiger partial charge is 0.353 e. The van der Waals surface area contributed by atoms with Crippen LogP contribution >= 0.6 is 11.6 Å². The second-order valence-electron chi connectivity index (χ2n) is 8.57. The number of halogens is 1. The predicted molar refractivity (Wildman–Crippen MR) is 129 cm³/mol. The molecular weight excluding hydrogens is 424 g/mol. The van der Waals surface area contributed by atoms with Crippen molar-refractivity contribution in [1.29, 1.82) is 0 Å². The molecule has 1 heterocycles. The maximum absolute atomic E-state index is 12.7. The van der Waals surface area contributed by atoms with Gasteiger partial charge in [-0.3, -0.25) is 19.4 Å². The van der Waals surface area contributed by atoms with E-state index >= 15 is 0 Å². The van der Waals surface area contributed by atoms with E-state index in [1.54, 1.807) is 24.3 Å². The van der Waals surface area contributed by atoms with Crippen LogP contribution in [0.2, 0.25) is 5.02 Å². The minimum atomic E-state index is -0.610. The first kappa shape index (κ1) is 24.2. The molecule has 0 bridgehead atoms. The Labute approximate surface area is 195 Å². The van der Waals surface area contributed by atoms with E-state index in [1.807, 2.05) is 19.9 Å². The van der Waals surface area contributed by atoms with Crippen LogP contribution < -0.4 is 10.6 Å². The van der Waals surface area contributed by atoms with E-state index in [0.29, 0.717) is 17.1 Å². The van der Waals surface area contributed by atoms with Crippen molar-refractivity contribution >= 4 is 23.4 Å². The summed E-state index contributed by atoms with van der Waals surface area (Å²) in [5.41, 5.74) is 1.72. The van der Waals surface area contributed by atoms with Crippen molar-refractivity contribution in [2.24, 2.45) is 5.92 Å². The zero-order valence-electron chi connectivity index (χ0n) is 18.9. The number of carbonyl (C=O) groups excluding carboxylic acids is 2. The Morgan fingerprint density at radius 2 is 1.56 bits per heavy atom. The van der Waals surface area contributed by atoms with E-state index in [9.17, 15) is 9.59 Å². The number of amides is 2. The van der Waals surface area contributed by atoms with E-state index in [1.165, 1.54) is 5.56 Å². The van der Waals surface area contributed by atoms with Gasteiger partial charge < -0.3 is 10.6 Å². The van der Waals surface area contributed by atoms with E-state index in [0.717, 1.165) is 39.3 Å². The molecule has 6 nitrogen and oxygen atoms in total. The van der Waals surface area contributed by atoms with Gasteiger partial charge in [0.15, 0.2) is 0 Å². The molecule has 0 radical (unpaired) electrons. The SMILES string of the molecule is CC(C)C(NC(=O)c1ccccc1Cl)C(=O)NCCN1CCN(Cc2ccccc2)CC1. The van der Waals surface area contributed by atoms with Crippen LogP contribution in [0.25, 0.3) is 0 Å². The first-order chi connectivity index (χ1) is 15.4. The number of nitrogens with zero attached hydrogens (tertiary/aromatic N) is 2. The third kappa shape index (κ3) is 7.05. The van der Waals surface area contributed by atoms with Crippen LogP contribution in [0.3, 0.4) is 0 Å². The minimum Gasteiger partial charge on any atom is -0.353 e. The summed E-state index contributed by atoms with van der Waals surface area (Å²) in [4.78, 5) is 30.2. The van der Waals surface area contributed by atoms with Crippen LogP contribution in [0.4, 0.5) is 0 Å². The fraction of sp³-hybridized carbons (Fsp3) is 0.440. The van der Waals surface area contributed by atoms with Gasteiger partial charge >= 0.3 is 0 Å². The van der Waals surface area contributed by atoms with Gasteiger partial charge in [-0.2, -0.15) is 0 Å². The predicted octanol–water partition coefficient (Wildman–Crippen LogP) is 3.03. The molecule has 1 saturated heterocycles. The lowest BCUT2D eigenvalue weighted by atomic mass is 10.0. The maximum Gasteiger partial charge on any atom is 0.253 e. The smallest absolute Gasteiger partial charge is 0.253 e. The average molecular weight is 457 g/mol. The van der Waals surface area contributed by atoms with E-state index in [4.69, 9.17) is 11.6 Å². The molecule has 0 aliphatic carbocycles. The molecule has 0 saturated carbocycles. The standard InChI is InChI=1S/C25H33ClN4O2/c1-19(2)23(28-24(31)21-10-6-7-11-22(21)26)25(32)27-12-13-29-14-16-30(17-15-29)18-20-8-4-3-5-9-20/h3-11,19,23H,12-18H2,1-2H3,(H,27,32)(H,28,31). The Hall–Kier alpha value is -2.41. The molecule has 2 aromatic rings. The first-order valence-corrected chi connectivity index (χ1v) is 11.6. The summed E-state index contributed by atoms with van der Waals surface area (Å²) in [6.45, 7) is 10.2. The number of carbonyl (C=O) groups is 2. The van der Waals surface area contributed by atoms with E-state index < -0.39 is 6.04 Å². The third-order valence-corrected chi connectivity index (χ3v) is 6.12. The molecule has 32 heavy (non-hydrogen) atoms. The van der Waals surface area contributed by atoms with Crippen molar-refractivity contribution in [2.45, 2.75) is 26.4 Å². The maximum atomic E-state index is 12.7. The highest BCUT2D eigenvalue weighted by atomic mass is 35.5. The summed E-state index contributed by atoms with van der Waals surface area (Å²) >= 11 is 6.12. The lowest BCUT2D eigenvalue weighted by Gasteiger charge is -2.34. The number of hydrogen-bond acceptors (Lipinski definition) is 4. The van der Waals surface area contributed by atoms with Gasteiger partial charge in [0.1, 0.15) is 6.04 Å². The summed E-state index contributed by atoms with van der Waals surface area (Å²) in [6, 6.07) is 16.8. The van der Waals surface area contributed by atoms with E-state index in [2.05, 4.69) is 44.7 Å². The summed E-state index contributed by atoms with van der Waals surface area (Å²) in [6.07, 6.45) is 0. The monoisotopic (exact) mass is 456 g/mol. The van der Waals surface area contributed by atoms with Crippen molar-refractivity contribution in [3.63, 3.8) is 0 Å². The molecule has 3 rings (SSSR count). The normalized spacial score (nSPS) is 16.0. The fourth-order valence-electron chi connectivity index (χ4n) is 3.86. The Balaban J connectivity index is 1.41.